The van der Waals surface area contributed by atoms with Crippen molar-refractivity contribution in [2.24, 2.45) is 11.8 Å². The first kappa shape index (κ1) is 10.8. The average molecular weight is 235 g/mol. The topological polar surface area (TPSA) is 12.0 Å². The molecule has 2 heteroatoms. The molecule has 1 aliphatic heterocycles. The van der Waals surface area contributed by atoms with E-state index in [-0.39, 0.29) is 0 Å². The zero-order valence-electron chi connectivity index (χ0n) is 10.0. The number of thiophene rings is 1. The standard InChI is InChI=1S/C14H21NS/c1-10-3-2-4-11(9-10)14-12-6-8-16-13(12)5-7-15-14/h6,8,10-11,14-15H,2-5,7,9H2,1H3. The maximum absolute atomic E-state index is 3.76. The highest BCUT2D eigenvalue weighted by Gasteiger charge is 2.31. The fourth-order valence-electron chi connectivity index (χ4n) is 3.49. The highest BCUT2D eigenvalue weighted by Crippen LogP contribution is 2.40. The molecular formula is C14H21NS. The van der Waals surface area contributed by atoms with Gasteiger partial charge in [0.05, 0.1) is 0 Å². The van der Waals surface area contributed by atoms with Gasteiger partial charge in [-0.3, -0.25) is 0 Å². The molecule has 1 aromatic rings. The van der Waals surface area contributed by atoms with Crippen LogP contribution in [0.15, 0.2) is 11.4 Å². The Hall–Kier alpha value is -0.340. The Morgan fingerprint density at radius 3 is 3.19 bits per heavy atom. The molecule has 3 atom stereocenters. The van der Waals surface area contributed by atoms with E-state index in [1.807, 2.05) is 11.3 Å². The van der Waals surface area contributed by atoms with Gasteiger partial charge in [-0.2, -0.15) is 0 Å². The van der Waals surface area contributed by atoms with Gasteiger partial charge in [-0.1, -0.05) is 19.8 Å². The summed E-state index contributed by atoms with van der Waals surface area (Å²) in [5, 5.41) is 6.03. The van der Waals surface area contributed by atoms with Gasteiger partial charge in [0.15, 0.2) is 0 Å². The van der Waals surface area contributed by atoms with Crippen LogP contribution in [0.25, 0.3) is 0 Å². The van der Waals surface area contributed by atoms with Crippen LogP contribution in [0.3, 0.4) is 0 Å². The van der Waals surface area contributed by atoms with Gasteiger partial charge in [-0.05, 0) is 48.1 Å². The molecule has 16 heavy (non-hydrogen) atoms. The monoisotopic (exact) mass is 235 g/mol. The van der Waals surface area contributed by atoms with Gasteiger partial charge in [-0.25, -0.2) is 0 Å². The van der Waals surface area contributed by atoms with Crippen molar-refractivity contribution < 1.29 is 0 Å². The number of hydrogen-bond donors (Lipinski definition) is 1. The van der Waals surface area contributed by atoms with E-state index in [1.54, 1.807) is 10.4 Å². The number of fused-ring (bicyclic) bond motifs is 1. The van der Waals surface area contributed by atoms with E-state index in [1.165, 1.54) is 38.6 Å². The van der Waals surface area contributed by atoms with E-state index in [0.29, 0.717) is 6.04 Å². The minimum Gasteiger partial charge on any atom is -0.309 e. The number of hydrogen-bond acceptors (Lipinski definition) is 2. The zero-order valence-corrected chi connectivity index (χ0v) is 10.9. The summed E-state index contributed by atoms with van der Waals surface area (Å²) in [6.45, 7) is 3.60. The molecule has 0 amide bonds. The maximum Gasteiger partial charge on any atom is 0.0359 e. The lowest BCUT2D eigenvalue weighted by molar-refractivity contribution is 0.219. The smallest absolute Gasteiger partial charge is 0.0359 e. The second-order valence-corrected chi connectivity index (χ2v) is 6.51. The molecular weight excluding hydrogens is 214 g/mol. The number of rotatable bonds is 1. The predicted molar refractivity (Wildman–Crippen MR) is 69.9 cm³/mol. The van der Waals surface area contributed by atoms with Crippen LogP contribution < -0.4 is 5.32 Å². The van der Waals surface area contributed by atoms with Crippen molar-refractivity contribution in [2.45, 2.75) is 45.1 Å². The van der Waals surface area contributed by atoms with E-state index < -0.39 is 0 Å². The molecule has 88 valence electrons. The Bertz CT molecular complexity index is 357. The van der Waals surface area contributed by atoms with Crippen molar-refractivity contribution in [1.29, 1.82) is 0 Å². The quantitative estimate of drug-likeness (QED) is 0.781. The van der Waals surface area contributed by atoms with Gasteiger partial charge in [0.25, 0.3) is 0 Å². The second kappa shape index (κ2) is 4.50. The molecule has 2 aliphatic rings. The summed E-state index contributed by atoms with van der Waals surface area (Å²) in [6, 6.07) is 3.02. The minimum absolute atomic E-state index is 0.665. The summed E-state index contributed by atoms with van der Waals surface area (Å²) in [6.07, 6.45) is 6.97. The van der Waals surface area contributed by atoms with Crippen molar-refractivity contribution in [1.82, 2.24) is 5.32 Å². The summed E-state index contributed by atoms with van der Waals surface area (Å²) in [4.78, 5) is 1.64. The molecule has 1 saturated carbocycles. The van der Waals surface area contributed by atoms with Crippen LogP contribution in [-0.4, -0.2) is 6.54 Å². The molecule has 1 aromatic heterocycles. The van der Waals surface area contributed by atoms with E-state index >= 15 is 0 Å². The SMILES string of the molecule is CC1CCCC(C2NCCc3sccc32)C1. The van der Waals surface area contributed by atoms with E-state index in [9.17, 15) is 0 Å². The Labute approximate surface area is 102 Å². The molecule has 1 N–H and O–H groups in total. The van der Waals surface area contributed by atoms with E-state index in [2.05, 4.69) is 23.7 Å². The van der Waals surface area contributed by atoms with Gasteiger partial charge in [0, 0.05) is 17.5 Å². The van der Waals surface area contributed by atoms with Crippen LogP contribution in [0.5, 0.6) is 0 Å². The van der Waals surface area contributed by atoms with Crippen molar-refractivity contribution in [3.8, 4) is 0 Å². The predicted octanol–water partition coefficient (Wildman–Crippen LogP) is 3.76. The first-order chi connectivity index (χ1) is 7.84. The van der Waals surface area contributed by atoms with Crippen LogP contribution in [0.1, 0.15) is 49.1 Å². The highest BCUT2D eigenvalue weighted by molar-refractivity contribution is 7.10. The Morgan fingerprint density at radius 1 is 1.38 bits per heavy atom. The Balaban J connectivity index is 1.81. The third-order valence-corrected chi connectivity index (χ3v) is 5.28. The Morgan fingerprint density at radius 2 is 2.31 bits per heavy atom. The maximum atomic E-state index is 3.76. The molecule has 1 fully saturated rings. The number of nitrogens with one attached hydrogen (secondary N) is 1. The summed E-state index contributed by atoms with van der Waals surface area (Å²) >= 11 is 1.95. The minimum atomic E-state index is 0.665. The molecule has 0 saturated heterocycles. The molecule has 0 spiro atoms. The van der Waals surface area contributed by atoms with Crippen LogP contribution in [-0.2, 0) is 6.42 Å². The van der Waals surface area contributed by atoms with Crippen LogP contribution in [0, 0.1) is 11.8 Å². The van der Waals surface area contributed by atoms with Crippen molar-refractivity contribution >= 4 is 11.3 Å². The summed E-state index contributed by atoms with van der Waals surface area (Å²) in [5.74, 6) is 1.82. The largest absolute Gasteiger partial charge is 0.309 e. The van der Waals surface area contributed by atoms with Crippen LogP contribution in [0.4, 0.5) is 0 Å². The van der Waals surface area contributed by atoms with Crippen molar-refractivity contribution in [3.63, 3.8) is 0 Å². The lowest BCUT2D eigenvalue weighted by Crippen LogP contribution is -2.35. The van der Waals surface area contributed by atoms with Crippen molar-refractivity contribution in [3.05, 3.63) is 21.9 Å². The summed E-state index contributed by atoms with van der Waals surface area (Å²) in [5.41, 5.74) is 1.62. The summed E-state index contributed by atoms with van der Waals surface area (Å²) in [7, 11) is 0. The van der Waals surface area contributed by atoms with Gasteiger partial charge in [0.1, 0.15) is 0 Å². The van der Waals surface area contributed by atoms with E-state index in [0.717, 1.165) is 11.8 Å². The van der Waals surface area contributed by atoms with Crippen LogP contribution >= 0.6 is 11.3 Å². The van der Waals surface area contributed by atoms with Gasteiger partial charge < -0.3 is 5.32 Å². The second-order valence-electron chi connectivity index (χ2n) is 5.51. The Kier molecular flexibility index (Phi) is 3.03. The van der Waals surface area contributed by atoms with Crippen molar-refractivity contribution in [2.75, 3.05) is 6.54 Å². The van der Waals surface area contributed by atoms with Gasteiger partial charge in [0.2, 0.25) is 0 Å². The summed E-state index contributed by atoms with van der Waals surface area (Å²) < 4.78 is 0. The fraction of sp³-hybridized carbons (Fsp3) is 0.714. The van der Waals surface area contributed by atoms with Crippen LogP contribution in [0.2, 0.25) is 0 Å². The van der Waals surface area contributed by atoms with Gasteiger partial charge in [-0.15, -0.1) is 11.3 Å². The molecule has 3 rings (SSSR count). The lowest BCUT2D eigenvalue weighted by atomic mass is 9.76. The zero-order chi connectivity index (χ0) is 11.0. The lowest BCUT2D eigenvalue weighted by Gasteiger charge is -2.36. The molecule has 2 heterocycles. The first-order valence-corrected chi connectivity index (χ1v) is 7.52. The average Bonchev–Trinajstić information content (AvgIpc) is 2.76. The molecule has 0 bridgehead atoms. The van der Waals surface area contributed by atoms with E-state index in [4.69, 9.17) is 0 Å². The highest BCUT2D eigenvalue weighted by atomic mass is 32.1. The molecule has 0 radical (unpaired) electrons. The third-order valence-electron chi connectivity index (χ3n) is 4.28. The third kappa shape index (κ3) is 1.93. The van der Waals surface area contributed by atoms with Gasteiger partial charge >= 0.3 is 0 Å². The first-order valence-electron chi connectivity index (χ1n) is 6.64. The molecule has 0 aromatic carbocycles. The fourth-order valence-corrected chi connectivity index (χ4v) is 4.42. The normalized spacial score (nSPS) is 34.7. The molecule has 1 aliphatic carbocycles. The molecule has 1 nitrogen and oxygen atoms in total. The molecule has 3 unspecified atom stereocenters.